The van der Waals surface area contributed by atoms with Crippen LogP contribution in [-0.4, -0.2) is 33.5 Å². The van der Waals surface area contributed by atoms with Crippen molar-refractivity contribution in [1.82, 2.24) is 0 Å². The van der Waals surface area contributed by atoms with Gasteiger partial charge in [-0.05, 0) is 19.3 Å². The lowest BCUT2D eigenvalue weighted by atomic mass is 10.2. The molecule has 19 heavy (non-hydrogen) atoms. The first kappa shape index (κ1) is 13.8. The van der Waals surface area contributed by atoms with Crippen LogP contribution in [-0.2, 0) is 0 Å². The topological polar surface area (TPSA) is 62.9 Å². The second-order valence-corrected chi connectivity index (χ2v) is 4.61. The van der Waals surface area contributed by atoms with Gasteiger partial charge in [-0.15, -0.1) is 0 Å². The Bertz CT molecular complexity index is 410. The second-order valence-electron chi connectivity index (χ2n) is 4.61. The third-order valence-electron chi connectivity index (χ3n) is 3.43. The van der Waals surface area contributed by atoms with Gasteiger partial charge in [-0.1, -0.05) is 0 Å². The third kappa shape index (κ3) is 2.87. The van der Waals surface area contributed by atoms with Crippen LogP contribution in [0.1, 0.15) is 19.3 Å². The van der Waals surface area contributed by atoms with E-state index in [1.54, 1.807) is 33.5 Å². The number of rotatable bonds is 5. The monoisotopic (exact) mass is 267 g/mol. The molecular formula is C14H21NO4. The van der Waals surface area contributed by atoms with Crippen molar-refractivity contribution in [1.29, 1.82) is 0 Å². The summed E-state index contributed by atoms with van der Waals surface area (Å²) >= 11 is 0. The molecule has 2 unspecified atom stereocenters. The van der Waals surface area contributed by atoms with Gasteiger partial charge in [-0.3, -0.25) is 0 Å². The minimum atomic E-state index is 0.0582. The molecule has 1 fully saturated rings. The van der Waals surface area contributed by atoms with Gasteiger partial charge in [0.2, 0.25) is 5.75 Å². The average molecular weight is 267 g/mol. The zero-order valence-electron chi connectivity index (χ0n) is 11.6. The molecule has 0 radical (unpaired) electrons. The molecule has 0 aliphatic heterocycles. The van der Waals surface area contributed by atoms with Crippen LogP contribution in [0.3, 0.4) is 0 Å². The van der Waals surface area contributed by atoms with E-state index in [4.69, 9.17) is 24.7 Å². The van der Waals surface area contributed by atoms with Crippen LogP contribution in [0.5, 0.6) is 23.0 Å². The van der Waals surface area contributed by atoms with E-state index in [1.165, 1.54) is 0 Å². The van der Waals surface area contributed by atoms with E-state index >= 15 is 0 Å². The summed E-state index contributed by atoms with van der Waals surface area (Å²) in [5.74, 6) is 2.43. The van der Waals surface area contributed by atoms with Crippen LogP contribution >= 0.6 is 0 Å². The molecule has 106 valence electrons. The van der Waals surface area contributed by atoms with Crippen molar-refractivity contribution in [3.05, 3.63) is 12.1 Å². The summed E-state index contributed by atoms with van der Waals surface area (Å²) in [4.78, 5) is 0. The highest BCUT2D eigenvalue weighted by Crippen LogP contribution is 2.41. The van der Waals surface area contributed by atoms with E-state index in [2.05, 4.69) is 0 Å². The summed E-state index contributed by atoms with van der Waals surface area (Å²) in [6.07, 6.45) is 3.16. The Morgan fingerprint density at radius 1 is 1.00 bits per heavy atom. The Balaban J connectivity index is 2.25. The third-order valence-corrected chi connectivity index (χ3v) is 3.43. The molecule has 0 heterocycles. The first-order valence-electron chi connectivity index (χ1n) is 6.41. The van der Waals surface area contributed by atoms with Gasteiger partial charge >= 0.3 is 0 Å². The molecule has 2 N–H and O–H groups in total. The predicted octanol–water partition coefficient (Wildman–Crippen LogP) is 1.97. The molecule has 1 aromatic carbocycles. The largest absolute Gasteiger partial charge is 0.493 e. The molecular weight excluding hydrogens is 246 g/mol. The Hall–Kier alpha value is -1.62. The molecule has 2 atom stereocenters. The van der Waals surface area contributed by atoms with Crippen molar-refractivity contribution in [2.24, 2.45) is 5.73 Å². The van der Waals surface area contributed by atoms with E-state index < -0.39 is 0 Å². The molecule has 1 aliphatic carbocycles. The maximum atomic E-state index is 6.01. The van der Waals surface area contributed by atoms with Crippen molar-refractivity contribution in [2.45, 2.75) is 31.4 Å². The van der Waals surface area contributed by atoms with Gasteiger partial charge in [0.05, 0.1) is 21.3 Å². The predicted molar refractivity (Wildman–Crippen MR) is 72.3 cm³/mol. The SMILES string of the molecule is COc1cc(OC2CCCC2N)cc(OC)c1OC. The maximum Gasteiger partial charge on any atom is 0.203 e. The molecule has 0 aromatic heterocycles. The number of hydrogen-bond acceptors (Lipinski definition) is 5. The molecule has 0 amide bonds. The van der Waals surface area contributed by atoms with Gasteiger partial charge < -0.3 is 24.7 Å². The summed E-state index contributed by atoms with van der Waals surface area (Å²) in [5.41, 5.74) is 6.01. The first-order chi connectivity index (χ1) is 9.19. The van der Waals surface area contributed by atoms with E-state index in [1.807, 2.05) is 0 Å². The van der Waals surface area contributed by atoms with Gasteiger partial charge in [-0.2, -0.15) is 0 Å². The number of benzene rings is 1. The summed E-state index contributed by atoms with van der Waals surface area (Å²) in [6, 6.07) is 3.69. The Morgan fingerprint density at radius 3 is 2.05 bits per heavy atom. The van der Waals surface area contributed by atoms with E-state index in [0.717, 1.165) is 19.3 Å². The molecule has 5 nitrogen and oxygen atoms in total. The highest BCUT2D eigenvalue weighted by Gasteiger charge is 2.26. The highest BCUT2D eigenvalue weighted by atomic mass is 16.5. The number of hydrogen-bond donors (Lipinski definition) is 1. The lowest BCUT2D eigenvalue weighted by molar-refractivity contribution is 0.189. The first-order valence-corrected chi connectivity index (χ1v) is 6.41. The van der Waals surface area contributed by atoms with Gasteiger partial charge in [0.15, 0.2) is 11.5 Å². The summed E-state index contributed by atoms with van der Waals surface area (Å²) < 4.78 is 21.8. The molecule has 0 saturated heterocycles. The fourth-order valence-electron chi connectivity index (χ4n) is 2.40. The quantitative estimate of drug-likeness (QED) is 0.883. The molecule has 0 spiro atoms. The zero-order valence-corrected chi connectivity index (χ0v) is 11.6. The molecule has 1 aromatic rings. The van der Waals surface area contributed by atoms with Crippen LogP contribution in [0, 0.1) is 0 Å². The summed E-state index contributed by atoms with van der Waals surface area (Å²) in [7, 11) is 4.75. The lowest BCUT2D eigenvalue weighted by Gasteiger charge is -2.20. The molecule has 1 aliphatic rings. The Morgan fingerprint density at radius 2 is 1.63 bits per heavy atom. The zero-order chi connectivity index (χ0) is 13.8. The number of nitrogens with two attached hydrogens (primary N) is 1. The van der Waals surface area contributed by atoms with Crippen LogP contribution < -0.4 is 24.7 Å². The molecule has 2 rings (SSSR count). The Kier molecular flexibility index (Phi) is 4.37. The highest BCUT2D eigenvalue weighted by molar-refractivity contribution is 5.55. The van der Waals surface area contributed by atoms with Crippen molar-refractivity contribution >= 4 is 0 Å². The smallest absolute Gasteiger partial charge is 0.203 e. The van der Waals surface area contributed by atoms with Crippen LogP contribution in [0.4, 0.5) is 0 Å². The van der Waals surface area contributed by atoms with Crippen molar-refractivity contribution < 1.29 is 18.9 Å². The minimum absolute atomic E-state index is 0.0582. The van der Waals surface area contributed by atoms with Gasteiger partial charge in [0, 0.05) is 18.2 Å². The normalized spacial score (nSPS) is 22.1. The fraction of sp³-hybridized carbons (Fsp3) is 0.571. The van der Waals surface area contributed by atoms with Crippen molar-refractivity contribution in [2.75, 3.05) is 21.3 Å². The van der Waals surface area contributed by atoms with Gasteiger partial charge in [0.25, 0.3) is 0 Å². The van der Waals surface area contributed by atoms with E-state index in [0.29, 0.717) is 23.0 Å². The average Bonchev–Trinajstić information content (AvgIpc) is 2.83. The van der Waals surface area contributed by atoms with Crippen LogP contribution in [0.15, 0.2) is 12.1 Å². The van der Waals surface area contributed by atoms with Crippen LogP contribution in [0.25, 0.3) is 0 Å². The number of methoxy groups -OCH3 is 3. The molecule has 0 bridgehead atoms. The lowest BCUT2D eigenvalue weighted by Crippen LogP contribution is -2.33. The van der Waals surface area contributed by atoms with Crippen molar-refractivity contribution in [3.8, 4) is 23.0 Å². The molecule has 5 heteroatoms. The van der Waals surface area contributed by atoms with Gasteiger partial charge in [0.1, 0.15) is 11.9 Å². The summed E-state index contributed by atoms with van der Waals surface area (Å²) in [6.45, 7) is 0. The minimum Gasteiger partial charge on any atom is -0.493 e. The van der Waals surface area contributed by atoms with E-state index in [9.17, 15) is 0 Å². The van der Waals surface area contributed by atoms with Gasteiger partial charge in [-0.25, -0.2) is 0 Å². The summed E-state index contributed by atoms with van der Waals surface area (Å²) in [5, 5.41) is 0. The standard InChI is InChI=1S/C14H21NO4/c1-16-12-7-9(8-13(17-2)14(12)18-3)19-11-6-4-5-10(11)15/h7-8,10-11H,4-6,15H2,1-3H3. The Labute approximate surface area is 113 Å². The maximum absolute atomic E-state index is 6.01. The second kappa shape index (κ2) is 6.02. The van der Waals surface area contributed by atoms with E-state index in [-0.39, 0.29) is 12.1 Å². The fourth-order valence-corrected chi connectivity index (χ4v) is 2.40. The number of ether oxygens (including phenoxy) is 4. The molecule has 1 saturated carbocycles. The van der Waals surface area contributed by atoms with Crippen LogP contribution in [0.2, 0.25) is 0 Å². The van der Waals surface area contributed by atoms with Crippen molar-refractivity contribution in [3.63, 3.8) is 0 Å².